The maximum absolute atomic E-state index is 11.8. The summed E-state index contributed by atoms with van der Waals surface area (Å²) in [5.74, 6) is -0.365. The summed E-state index contributed by atoms with van der Waals surface area (Å²) in [6.07, 6.45) is 3.40. The first-order valence-electron chi connectivity index (χ1n) is 7.49. The Morgan fingerprint density at radius 1 is 1.21 bits per heavy atom. The largest absolute Gasteiger partial charge is 0.464 e. The quantitative estimate of drug-likeness (QED) is 0.655. The average molecular weight is 328 g/mol. The lowest BCUT2D eigenvalue weighted by molar-refractivity contribution is -0.143. The fourth-order valence-corrected chi connectivity index (χ4v) is 2.22. The summed E-state index contributed by atoms with van der Waals surface area (Å²) >= 11 is 0. The smallest absolute Gasteiger partial charge is 0.420 e. The van der Waals surface area contributed by atoms with Gasteiger partial charge in [0.1, 0.15) is 6.61 Å². The standard InChI is InChI=1S/C16H16N4O4/c21-14(6-9-19-15-17-7-3-8-18-15)23-11-10-20-12-4-1-2-5-13(12)24-16(20)22/h1-5,7-8H,6,9-11H2,(H,17,18,19). The Morgan fingerprint density at radius 2 is 2.00 bits per heavy atom. The second kappa shape index (κ2) is 7.40. The molecule has 0 bridgehead atoms. The van der Waals surface area contributed by atoms with Gasteiger partial charge >= 0.3 is 11.7 Å². The Balaban J connectivity index is 1.45. The molecular weight excluding hydrogens is 312 g/mol. The van der Waals surface area contributed by atoms with Gasteiger partial charge in [-0.3, -0.25) is 9.36 Å². The van der Waals surface area contributed by atoms with Gasteiger partial charge in [-0.1, -0.05) is 12.1 Å². The lowest BCUT2D eigenvalue weighted by Gasteiger charge is -2.06. The number of hydrogen-bond donors (Lipinski definition) is 1. The van der Waals surface area contributed by atoms with E-state index in [1.54, 1.807) is 36.7 Å². The molecule has 0 fully saturated rings. The third kappa shape index (κ3) is 3.78. The molecule has 0 atom stereocenters. The van der Waals surface area contributed by atoms with E-state index in [1.807, 2.05) is 6.07 Å². The molecule has 8 nitrogen and oxygen atoms in total. The number of carbonyl (C=O) groups excluding carboxylic acids is 1. The first kappa shape index (κ1) is 15.7. The number of anilines is 1. The van der Waals surface area contributed by atoms with Crippen LogP contribution in [0.3, 0.4) is 0 Å². The minimum Gasteiger partial charge on any atom is -0.464 e. The molecule has 0 saturated heterocycles. The van der Waals surface area contributed by atoms with Crippen molar-refractivity contribution < 1.29 is 13.9 Å². The SMILES string of the molecule is O=C(CCNc1ncccn1)OCCn1c(=O)oc2ccccc21. The second-order valence-corrected chi connectivity index (χ2v) is 4.96. The van der Waals surface area contributed by atoms with Crippen molar-refractivity contribution in [2.75, 3.05) is 18.5 Å². The van der Waals surface area contributed by atoms with Gasteiger partial charge < -0.3 is 14.5 Å². The number of para-hydroxylation sites is 2. The van der Waals surface area contributed by atoms with Gasteiger partial charge in [0.15, 0.2) is 5.58 Å². The van der Waals surface area contributed by atoms with Crippen molar-refractivity contribution in [1.82, 2.24) is 14.5 Å². The van der Waals surface area contributed by atoms with Crippen LogP contribution in [0.2, 0.25) is 0 Å². The van der Waals surface area contributed by atoms with Gasteiger partial charge in [-0.05, 0) is 18.2 Å². The van der Waals surface area contributed by atoms with E-state index >= 15 is 0 Å². The third-order valence-electron chi connectivity index (χ3n) is 3.33. The Hall–Kier alpha value is -3.16. The van der Waals surface area contributed by atoms with Gasteiger partial charge in [0, 0.05) is 18.9 Å². The molecule has 2 heterocycles. The van der Waals surface area contributed by atoms with E-state index in [2.05, 4.69) is 15.3 Å². The number of esters is 1. The molecule has 3 rings (SSSR count). The number of carbonyl (C=O) groups is 1. The van der Waals surface area contributed by atoms with Crippen molar-refractivity contribution in [3.63, 3.8) is 0 Å². The predicted molar refractivity (Wildman–Crippen MR) is 86.6 cm³/mol. The van der Waals surface area contributed by atoms with Crippen molar-refractivity contribution >= 4 is 23.0 Å². The van der Waals surface area contributed by atoms with Crippen molar-refractivity contribution in [2.24, 2.45) is 0 Å². The highest BCUT2D eigenvalue weighted by Gasteiger charge is 2.09. The lowest BCUT2D eigenvalue weighted by atomic mass is 10.3. The topological polar surface area (TPSA) is 99.2 Å². The van der Waals surface area contributed by atoms with Gasteiger partial charge in [0.2, 0.25) is 5.95 Å². The molecule has 0 spiro atoms. The molecule has 0 unspecified atom stereocenters. The molecular formula is C16H16N4O4. The number of fused-ring (bicyclic) bond motifs is 1. The fraction of sp³-hybridized carbons (Fsp3) is 0.250. The fourth-order valence-electron chi connectivity index (χ4n) is 2.22. The number of benzene rings is 1. The normalized spacial score (nSPS) is 10.7. The van der Waals surface area contributed by atoms with Crippen molar-refractivity contribution in [3.8, 4) is 0 Å². The number of hydrogen-bond acceptors (Lipinski definition) is 7. The van der Waals surface area contributed by atoms with E-state index in [9.17, 15) is 9.59 Å². The van der Waals surface area contributed by atoms with Crippen LogP contribution >= 0.6 is 0 Å². The van der Waals surface area contributed by atoms with Crippen LogP contribution in [0.5, 0.6) is 0 Å². The van der Waals surface area contributed by atoms with E-state index in [1.165, 1.54) is 4.57 Å². The van der Waals surface area contributed by atoms with Crippen molar-refractivity contribution in [1.29, 1.82) is 0 Å². The number of aromatic nitrogens is 3. The maximum Gasteiger partial charge on any atom is 0.420 e. The molecule has 3 aromatic rings. The summed E-state index contributed by atoms with van der Waals surface area (Å²) in [7, 11) is 0. The summed E-state index contributed by atoms with van der Waals surface area (Å²) in [5.41, 5.74) is 1.20. The molecule has 1 N–H and O–H groups in total. The molecule has 0 radical (unpaired) electrons. The minimum absolute atomic E-state index is 0.101. The molecule has 2 aromatic heterocycles. The van der Waals surface area contributed by atoms with Crippen LogP contribution in [-0.4, -0.2) is 33.7 Å². The lowest BCUT2D eigenvalue weighted by Crippen LogP contribution is -2.20. The summed E-state index contributed by atoms with van der Waals surface area (Å²) < 4.78 is 11.7. The molecule has 0 saturated carbocycles. The molecule has 0 amide bonds. The molecule has 8 heteroatoms. The maximum atomic E-state index is 11.8. The minimum atomic E-state index is -0.463. The van der Waals surface area contributed by atoms with Crippen LogP contribution < -0.4 is 11.1 Å². The van der Waals surface area contributed by atoms with Crippen LogP contribution in [0.25, 0.3) is 11.1 Å². The highest BCUT2D eigenvalue weighted by Crippen LogP contribution is 2.11. The molecule has 1 aromatic carbocycles. The zero-order chi connectivity index (χ0) is 16.8. The van der Waals surface area contributed by atoms with Crippen LogP contribution in [0.4, 0.5) is 5.95 Å². The zero-order valence-electron chi connectivity index (χ0n) is 12.8. The molecule has 0 aliphatic heterocycles. The number of nitrogens with zero attached hydrogens (tertiary/aromatic N) is 3. The van der Waals surface area contributed by atoms with E-state index in [-0.39, 0.29) is 25.5 Å². The van der Waals surface area contributed by atoms with E-state index in [0.29, 0.717) is 23.6 Å². The highest BCUT2D eigenvalue weighted by molar-refractivity contribution is 5.72. The molecule has 0 aliphatic rings. The Morgan fingerprint density at radius 3 is 2.83 bits per heavy atom. The summed E-state index contributed by atoms with van der Waals surface area (Å²) in [6, 6.07) is 8.82. The first-order valence-corrected chi connectivity index (χ1v) is 7.49. The van der Waals surface area contributed by atoms with Gasteiger partial charge in [0.05, 0.1) is 18.5 Å². The Labute approximate surface area is 137 Å². The van der Waals surface area contributed by atoms with Gasteiger partial charge in [-0.15, -0.1) is 0 Å². The van der Waals surface area contributed by atoms with Gasteiger partial charge in [-0.2, -0.15) is 0 Å². The molecule has 0 aliphatic carbocycles. The van der Waals surface area contributed by atoms with Crippen LogP contribution in [0.15, 0.2) is 51.9 Å². The number of oxazole rings is 1. The van der Waals surface area contributed by atoms with E-state index < -0.39 is 5.76 Å². The van der Waals surface area contributed by atoms with Crippen molar-refractivity contribution in [2.45, 2.75) is 13.0 Å². The first-order chi connectivity index (χ1) is 11.7. The summed E-state index contributed by atoms with van der Waals surface area (Å²) in [6.45, 7) is 0.721. The monoisotopic (exact) mass is 328 g/mol. The Kier molecular flexibility index (Phi) is 4.85. The molecule has 124 valence electrons. The number of nitrogens with one attached hydrogen (secondary N) is 1. The third-order valence-corrected chi connectivity index (χ3v) is 3.33. The Bertz CT molecular complexity index is 872. The molecule has 24 heavy (non-hydrogen) atoms. The number of rotatable bonds is 7. The van der Waals surface area contributed by atoms with E-state index in [4.69, 9.17) is 9.15 Å². The van der Waals surface area contributed by atoms with Gasteiger partial charge in [-0.25, -0.2) is 14.8 Å². The second-order valence-electron chi connectivity index (χ2n) is 4.96. The summed E-state index contributed by atoms with van der Waals surface area (Å²) in [4.78, 5) is 31.4. The predicted octanol–water partition coefficient (Wildman–Crippen LogP) is 1.43. The highest BCUT2D eigenvalue weighted by atomic mass is 16.5. The van der Waals surface area contributed by atoms with E-state index in [0.717, 1.165) is 0 Å². The zero-order valence-corrected chi connectivity index (χ0v) is 12.8. The van der Waals surface area contributed by atoms with Gasteiger partial charge in [0.25, 0.3) is 0 Å². The van der Waals surface area contributed by atoms with Crippen LogP contribution in [-0.2, 0) is 16.1 Å². The average Bonchev–Trinajstić information content (AvgIpc) is 2.92. The van der Waals surface area contributed by atoms with Crippen LogP contribution in [0, 0.1) is 0 Å². The van der Waals surface area contributed by atoms with Crippen molar-refractivity contribution in [3.05, 3.63) is 53.3 Å². The van der Waals surface area contributed by atoms with Crippen LogP contribution in [0.1, 0.15) is 6.42 Å². The summed E-state index contributed by atoms with van der Waals surface area (Å²) in [5, 5.41) is 2.92. The number of ether oxygens (including phenoxy) is 1.